The van der Waals surface area contributed by atoms with Gasteiger partial charge in [0.25, 0.3) is 0 Å². The van der Waals surface area contributed by atoms with E-state index < -0.39 is 0 Å². The highest BCUT2D eigenvalue weighted by atomic mass is 127. The molecule has 124 valence electrons. The van der Waals surface area contributed by atoms with E-state index in [1.165, 1.54) is 18.4 Å². The lowest BCUT2D eigenvalue weighted by Gasteiger charge is -2.33. The Bertz CT molecular complexity index is 439. The van der Waals surface area contributed by atoms with Crippen LogP contribution in [0.5, 0.6) is 0 Å². The number of rotatable bonds is 5. The van der Waals surface area contributed by atoms with Gasteiger partial charge < -0.3 is 15.0 Å². The Kier molecular flexibility index (Phi) is 9.47. The third-order valence-electron chi connectivity index (χ3n) is 3.81. The predicted molar refractivity (Wildman–Crippen MR) is 103 cm³/mol. The maximum absolute atomic E-state index is 5.69. The smallest absolute Gasteiger partial charge is 0.193 e. The van der Waals surface area contributed by atoms with Gasteiger partial charge >= 0.3 is 0 Å². The van der Waals surface area contributed by atoms with E-state index in [2.05, 4.69) is 34.3 Å². The van der Waals surface area contributed by atoms with Crippen LogP contribution in [0.25, 0.3) is 0 Å². The van der Waals surface area contributed by atoms with Gasteiger partial charge in [-0.05, 0) is 24.3 Å². The van der Waals surface area contributed by atoms with E-state index in [1.807, 2.05) is 25.2 Å². The molecule has 2 rings (SSSR count). The number of halogens is 1. The minimum atomic E-state index is 0. The van der Waals surface area contributed by atoms with Crippen molar-refractivity contribution >= 4 is 29.9 Å². The summed E-state index contributed by atoms with van der Waals surface area (Å²) in [6.07, 6.45) is 2.58. The Morgan fingerprint density at radius 3 is 2.82 bits per heavy atom. The first-order valence-electron chi connectivity index (χ1n) is 7.87. The van der Waals surface area contributed by atoms with Crippen LogP contribution in [0.3, 0.4) is 0 Å². The lowest BCUT2D eigenvalue weighted by molar-refractivity contribution is 0.124. The fraction of sp³-hybridized carbons (Fsp3) is 0.588. The molecular weight excluding hydrogens is 389 g/mol. The molecule has 1 fully saturated rings. The average molecular weight is 417 g/mol. The Morgan fingerprint density at radius 2 is 2.14 bits per heavy atom. The van der Waals surface area contributed by atoms with Crippen LogP contribution in [-0.4, -0.2) is 44.1 Å². The van der Waals surface area contributed by atoms with Crippen LogP contribution in [0.2, 0.25) is 0 Å². The van der Waals surface area contributed by atoms with Gasteiger partial charge in [0.15, 0.2) is 5.96 Å². The molecular formula is C17H28IN3O. The third-order valence-corrected chi connectivity index (χ3v) is 3.81. The SMILES string of the molecule is CN=C(NCCOCc1ccccc1)N1CCCC(C)C1.I. The first kappa shape index (κ1) is 19.2. The standard InChI is InChI=1S/C17H27N3O.HI/c1-15-7-6-11-20(13-15)17(18-2)19-10-12-21-14-16-8-4-3-5-9-16;/h3-5,8-9,15H,6-7,10-14H2,1-2H3,(H,18,19);1H. The Morgan fingerprint density at radius 1 is 1.36 bits per heavy atom. The van der Waals surface area contributed by atoms with E-state index in [1.54, 1.807) is 0 Å². The summed E-state index contributed by atoms with van der Waals surface area (Å²) in [5.74, 6) is 1.76. The topological polar surface area (TPSA) is 36.9 Å². The highest BCUT2D eigenvalue weighted by Gasteiger charge is 2.18. The van der Waals surface area contributed by atoms with Crippen LogP contribution in [0.4, 0.5) is 0 Å². The number of nitrogens with zero attached hydrogens (tertiary/aromatic N) is 2. The number of hydrogen-bond donors (Lipinski definition) is 1. The van der Waals surface area contributed by atoms with Crippen LogP contribution >= 0.6 is 24.0 Å². The number of ether oxygens (including phenoxy) is 1. The van der Waals surface area contributed by atoms with E-state index in [9.17, 15) is 0 Å². The summed E-state index contributed by atoms with van der Waals surface area (Å²) in [5, 5.41) is 3.40. The van der Waals surface area contributed by atoms with Gasteiger partial charge in [0.2, 0.25) is 0 Å². The molecule has 4 nitrogen and oxygen atoms in total. The second-order valence-electron chi connectivity index (χ2n) is 5.71. The van der Waals surface area contributed by atoms with Crippen molar-refractivity contribution in [2.45, 2.75) is 26.4 Å². The van der Waals surface area contributed by atoms with Crippen molar-refractivity contribution in [2.24, 2.45) is 10.9 Å². The van der Waals surface area contributed by atoms with E-state index in [0.717, 1.165) is 31.5 Å². The van der Waals surface area contributed by atoms with Crippen molar-refractivity contribution in [2.75, 3.05) is 33.3 Å². The summed E-state index contributed by atoms with van der Waals surface area (Å²) < 4.78 is 5.69. The van der Waals surface area contributed by atoms with Crippen molar-refractivity contribution in [1.29, 1.82) is 0 Å². The molecule has 22 heavy (non-hydrogen) atoms. The first-order valence-corrected chi connectivity index (χ1v) is 7.87. The maximum atomic E-state index is 5.69. The monoisotopic (exact) mass is 417 g/mol. The molecule has 0 bridgehead atoms. The Labute approximate surface area is 151 Å². The maximum Gasteiger partial charge on any atom is 0.193 e. The highest BCUT2D eigenvalue weighted by molar-refractivity contribution is 14.0. The van der Waals surface area contributed by atoms with Gasteiger partial charge in [-0.2, -0.15) is 0 Å². The number of nitrogens with one attached hydrogen (secondary N) is 1. The van der Waals surface area contributed by atoms with Crippen molar-refractivity contribution in [3.8, 4) is 0 Å². The van der Waals surface area contributed by atoms with Gasteiger partial charge in [0, 0.05) is 26.7 Å². The highest BCUT2D eigenvalue weighted by Crippen LogP contribution is 2.15. The second kappa shape index (κ2) is 10.8. The summed E-state index contributed by atoms with van der Waals surface area (Å²) in [5.41, 5.74) is 1.21. The molecule has 0 amide bonds. The Balaban J connectivity index is 0.00000242. The third kappa shape index (κ3) is 6.52. The lowest BCUT2D eigenvalue weighted by Crippen LogP contribution is -2.46. The van der Waals surface area contributed by atoms with E-state index in [0.29, 0.717) is 13.2 Å². The summed E-state index contributed by atoms with van der Waals surface area (Å²) in [6, 6.07) is 10.3. The van der Waals surface area contributed by atoms with Crippen LogP contribution in [0, 0.1) is 5.92 Å². The summed E-state index contributed by atoms with van der Waals surface area (Å²) in [7, 11) is 1.85. The molecule has 1 aromatic rings. The number of guanidine groups is 1. The number of hydrogen-bond acceptors (Lipinski definition) is 2. The van der Waals surface area contributed by atoms with E-state index >= 15 is 0 Å². The van der Waals surface area contributed by atoms with Crippen molar-refractivity contribution < 1.29 is 4.74 Å². The van der Waals surface area contributed by atoms with Crippen LogP contribution < -0.4 is 5.32 Å². The van der Waals surface area contributed by atoms with Gasteiger partial charge in [-0.3, -0.25) is 4.99 Å². The summed E-state index contributed by atoms with van der Waals surface area (Å²) in [4.78, 5) is 6.73. The fourth-order valence-corrected chi connectivity index (χ4v) is 2.71. The molecule has 0 aromatic heterocycles. The van der Waals surface area contributed by atoms with Crippen LogP contribution in [0.15, 0.2) is 35.3 Å². The summed E-state index contributed by atoms with van der Waals surface area (Å²) >= 11 is 0. The molecule has 1 atom stereocenters. The van der Waals surface area contributed by atoms with Crippen LogP contribution in [-0.2, 0) is 11.3 Å². The average Bonchev–Trinajstić information content (AvgIpc) is 2.52. The Hall–Kier alpha value is -0.820. The molecule has 0 saturated carbocycles. The molecule has 1 aliphatic rings. The predicted octanol–water partition coefficient (Wildman–Crippen LogP) is 3.13. The zero-order valence-electron chi connectivity index (χ0n) is 13.6. The second-order valence-corrected chi connectivity index (χ2v) is 5.71. The zero-order chi connectivity index (χ0) is 14.9. The van der Waals surface area contributed by atoms with Gasteiger partial charge in [0.1, 0.15) is 0 Å². The fourth-order valence-electron chi connectivity index (χ4n) is 2.71. The normalized spacial score (nSPS) is 18.7. The number of aliphatic imine (C=N–C) groups is 1. The zero-order valence-corrected chi connectivity index (χ0v) is 16.0. The molecule has 0 radical (unpaired) electrons. The van der Waals surface area contributed by atoms with Gasteiger partial charge in [0.05, 0.1) is 13.2 Å². The minimum absolute atomic E-state index is 0. The lowest BCUT2D eigenvalue weighted by atomic mass is 10.0. The molecule has 1 aromatic carbocycles. The largest absolute Gasteiger partial charge is 0.375 e. The van der Waals surface area contributed by atoms with Gasteiger partial charge in [-0.1, -0.05) is 37.3 Å². The number of benzene rings is 1. The van der Waals surface area contributed by atoms with Crippen molar-refractivity contribution in [3.63, 3.8) is 0 Å². The molecule has 0 spiro atoms. The van der Waals surface area contributed by atoms with Gasteiger partial charge in [-0.15, -0.1) is 24.0 Å². The molecule has 0 aliphatic carbocycles. The quantitative estimate of drug-likeness (QED) is 0.346. The van der Waals surface area contributed by atoms with Gasteiger partial charge in [-0.25, -0.2) is 0 Å². The number of likely N-dealkylation sites (tertiary alicyclic amines) is 1. The molecule has 1 N–H and O–H groups in total. The first-order chi connectivity index (χ1) is 10.3. The molecule has 1 unspecified atom stereocenters. The van der Waals surface area contributed by atoms with E-state index in [4.69, 9.17) is 4.74 Å². The molecule has 1 saturated heterocycles. The number of piperidine rings is 1. The molecule has 5 heteroatoms. The van der Waals surface area contributed by atoms with Crippen molar-refractivity contribution in [1.82, 2.24) is 10.2 Å². The minimum Gasteiger partial charge on any atom is -0.375 e. The van der Waals surface area contributed by atoms with Crippen molar-refractivity contribution in [3.05, 3.63) is 35.9 Å². The van der Waals surface area contributed by atoms with Crippen LogP contribution in [0.1, 0.15) is 25.3 Å². The van der Waals surface area contributed by atoms with E-state index in [-0.39, 0.29) is 24.0 Å². The summed E-state index contributed by atoms with van der Waals surface area (Å²) in [6.45, 7) is 6.67. The molecule has 1 heterocycles. The molecule has 1 aliphatic heterocycles.